The SMILES string of the molecule is Cc1ncn(CC2CCN(C(=O)C3Cc4ccccc4CO3)CC2)c(=O)c1C. The second-order valence-corrected chi connectivity index (χ2v) is 7.95. The zero-order valence-corrected chi connectivity index (χ0v) is 16.6. The molecule has 0 bridgehead atoms. The molecule has 6 heteroatoms. The molecule has 1 unspecified atom stereocenters. The van der Waals surface area contributed by atoms with Crippen LogP contribution in [0.3, 0.4) is 0 Å². The molecule has 1 fully saturated rings. The molecule has 0 spiro atoms. The number of aromatic nitrogens is 2. The van der Waals surface area contributed by atoms with Gasteiger partial charge in [0.15, 0.2) is 0 Å². The van der Waals surface area contributed by atoms with Crippen molar-refractivity contribution in [2.75, 3.05) is 13.1 Å². The van der Waals surface area contributed by atoms with Crippen molar-refractivity contribution in [3.63, 3.8) is 0 Å². The number of hydrogen-bond donors (Lipinski definition) is 0. The Kier molecular flexibility index (Phi) is 5.31. The van der Waals surface area contributed by atoms with Gasteiger partial charge in [-0.1, -0.05) is 24.3 Å². The molecule has 4 rings (SSSR count). The highest BCUT2D eigenvalue weighted by Crippen LogP contribution is 2.24. The van der Waals surface area contributed by atoms with Crippen LogP contribution < -0.4 is 5.56 Å². The zero-order valence-electron chi connectivity index (χ0n) is 16.6. The van der Waals surface area contributed by atoms with E-state index in [0.717, 1.165) is 31.6 Å². The van der Waals surface area contributed by atoms with Crippen molar-refractivity contribution < 1.29 is 9.53 Å². The second-order valence-electron chi connectivity index (χ2n) is 7.95. The van der Waals surface area contributed by atoms with E-state index in [1.807, 2.05) is 30.9 Å². The molecule has 1 aromatic heterocycles. The van der Waals surface area contributed by atoms with Gasteiger partial charge in [-0.2, -0.15) is 0 Å². The molecule has 0 radical (unpaired) electrons. The fourth-order valence-electron chi connectivity index (χ4n) is 4.13. The van der Waals surface area contributed by atoms with E-state index >= 15 is 0 Å². The number of likely N-dealkylation sites (tertiary alicyclic amines) is 1. The number of aryl methyl sites for hydroxylation is 1. The number of carbonyl (C=O) groups is 1. The summed E-state index contributed by atoms with van der Waals surface area (Å²) in [5.41, 5.74) is 3.93. The number of nitrogens with zero attached hydrogens (tertiary/aromatic N) is 3. The molecule has 2 aromatic rings. The average Bonchev–Trinajstić information content (AvgIpc) is 2.74. The number of carbonyl (C=O) groups excluding carboxylic acids is 1. The van der Waals surface area contributed by atoms with Gasteiger partial charge in [0.25, 0.3) is 11.5 Å². The van der Waals surface area contributed by atoms with Crippen molar-refractivity contribution in [3.05, 3.63) is 63.3 Å². The number of hydrogen-bond acceptors (Lipinski definition) is 4. The number of benzene rings is 1. The third-order valence-corrected chi connectivity index (χ3v) is 6.14. The maximum atomic E-state index is 12.9. The van der Waals surface area contributed by atoms with Crippen molar-refractivity contribution in [1.29, 1.82) is 0 Å². The third-order valence-electron chi connectivity index (χ3n) is 6.14. The summed E-state index contributed by atoms with van der Waals surface area (Å²) in [6.45, 7) is 6.30. The van der Waals surface area contributed by atoms with Crippen LogP contribution in [0.1, 0.15) is 35.2 Å². The Hall–Kier alpha value is -2.47. The van der Waals surface area contributed by atoms with Crippen molar-refractivity contribution in [1.82, 2.24) is 14.5 Å². The lowest BCUT2D eigenvalue weighted by Gasteiger charge is -2.35. The first-order valence-corrected chi connectivity index (χ1v) is 10.0. The summed E-state index contributed by atoms with van der Waals surface area (Å²) in [5.74, 6) is 0.483. The number of fused-ring (bicyclic) bond motifs is 1. The van der Waals surface area contributed by atoms with E-state index in [0.29, 0.717) is 31.1 Å². The van der Waals surface area contributed by atoms with Gasteiger partial charge in [-0.05, 0) is 43.7 Å². The quantitative estimate of drug-likeness (QED) is 0.818. The molecular weight excluding hydrogens is 354 g/mol. The van der Waals surface area contributed by atoms with Crippen LogP contribution in [-0.2, 0) is 29.1 Å². The summed E-state index contributed by atoms with van der Waals surface area (Å²) < 4.78 is 7.55. The van der Waals surface area contributed by atoms with E-state index < -0.39 is 0 Å². The Labute approximate surface area is 165 Å². The summed E-state index contributed by atoms with van der Waals surface area (Å²) in [6, 6.07) is 8.16. The predicted octanol–water partition coefficient (Wildman–Crippen LogP) is 2.24. The molecule has 0 aliphatic carbocycles. The lowest BCUT2D eigenvalue weighted by atomic mass is 9.94. The van der Waals surface area contributed by atoms with Gasteiger partial charge in [-0.15, -0.1) is 0 Å². The van der Waals surface area contributed by atoms with Crippen LogP contribution in [0, 0.1) is 19.8 Å². The molecule has 2 aliphatic heterocycles. The summed E-state index contributed by atoms with van der Waals surface area (Å²) in [7, 11) is 0. The Bertz CT molecular complexity index is 929. The van der Waals surface area contributed by atoms with Gasteiger partial charge in [-0.3, -0.25) is 14.2 Å². The van der Waals surface area contributed by atoms with Crippen LogP contribution in [0.4, 0.5) is 0 Å². The highest BCUT2D eigenvalue weighted by Gasteiger charge is 2.31. The lowest BCUT2D eigenvalue weighted by molar-refractivity contribution is -0.147. The van der Waals surface area contributed by atoms with Crippen molar-refractivity contribution in [3.8, 4) is 0 Å². The molecule has 2 aliphatic rings. The van der Waals surface area contributed by atoms with Crippen molar-refractivity contribution in [2.45, 2.75) is 52.4 Å². The molecule has 148 valence electrons. The molecule has 0 saturated carbocycles. The van der Waals surface area contributed by atoms with Crippen LogP contribution in [0.25, 0.3) is 0 Å². The summed E-state index contributed by atoms with van der Waals surface area (Å²) in [5, 5.41) is 0. The molecule has 0 N–H and O–H groups in total. The van der Waals surface area contributed by atoms with E-state index in [1.165, 1.54) is 11.1 Å². The maximum Gasteiger partial charge on any atom is 0.256 e. The van der Waals surface area contributed by atoms with Crippen LogP contribution >= 0.6 is 0 Å². The van der Waals surface area contributed by atoms with E-state index in [2.05, 4.69) is 17.1 Å². The minimum absolute atomic E-state index is 0.0419. The fourth-order valence-corrected chi connectivity index (χ4v) is 4.13. The van der Waals surface area contributed by atoms with Gasteiger partial charge in [0.1, 0.15) is 6.10 Å². The predicted molar refractivity (Wildman–Crippen MR) is 106 cm³/mol. The van der Waals surface area contributed by atoms with E-state index in [1.54, 1.807) is 10.9 Å². The first-order valence-electron chi connectivity index (χ1n) is 10.0. The maximum absolute atomic E-state index is 12.9. The first kappa shape index (κ1) is 18.9. The first-order chi connectivity index (χ1) is 13.5. The number of amides is 1. The van der Waals surface area contributed by atoms with Gasteiger partial charge in [0, 0.05) is 37.3 Å². The normalized spacial score (nSPS) is 20.1. The molecule has 1 saturated heterocycles. The molecule has 1 amide bonds. The van der Waals surface area contributed by atoms with Crippen LogP contribution in [0.5, 0.6) is 0 Å². The minimum Gasteiger partial charge on any atom is -0.363 e. The average molecular weight is 381 g/mol. The highest BCUT2D eigenvalue weighted by atomic mass is 16.5. The highest BCUT2D eigenvalue weighted by molar-refractivity contribution is 5.81. The standard InChI is InChI=1S/C22H27N3O3/c1-15-16(2)23-14-25(21(15)26)12-17-7-9-24(10-8-17)22(27)20-11-18-5-3-4-6-19(18)13-28-20/h3-6,14,17,20H,7-13H2,1-2H3. The van der Waals surface area contributed by atoms with Gasteiger partial charge < -0.3 is 9.64 Å². The second kappa shape index (κ2) is 7.87. The van der Waals surface area contributed by atoms with Gasteiger partial charge in [0.2, 0.25) is 0 Å². The summed E-state index contributed by atoms with van der Waals surface area (Å²) >= 11 is 0. The Morgan fingerprint density at radius 2 is 1.89 bits per heavy atom. The molecule has 1 atom stereocenters. The van der Waals surface area contributed by atoms with Gasteiger partial charge >= 0.3 is 0 Å². The third kappa shape index (κ3) is 3.74. The van der Waals surface area contributed by atoms with E-state index in [-0.39, 0.29) is 17.6 Å². The van der Waals surface area contributed by atoms with Crippen LogP contribution in [-0.4, -0.2) is 39.6 Å². The van der Waals surface area contributed by atoms with E-state index in [4.69, 9.17) is 4.74 Å². The Morgan fingerprint density at radius 1 is 1.18 bits per heavy atom. The van der Waals surface area contributed by atoms with Crippen molar-refractivity contribution in [2.24, 2.45) is 5.92 Å². The Balaban J connectivity index is 1.34. The van der Waals surface area contributed by atoms with Gasteiger partial charge in [0.05, 0.1) is 12.9 Å². The lowest BCUT2D eigenvalue weighted by Crippen LogP contribution is -2.47. The smallest absolute Gasteiger partial charge is 0.256 e. The van der Waals surface area contributed by atoms with E-state index in [9.17, 15) is 9.59 Å². The molecule has 6 nitrogen and oxygen atoms in total. The van der Waals surface area contributed by atoms with Crippen LogP contribution in [0.15, 0.2) is 35.4 Å². The van der Waals surface area contributed by atoms with Crippen LogP contribution in [0.2, 0.25) is 0 Å². The number of piperidine rings is 1. The number of ether oxygens (including phenoxy) is 1. The summed E-state index contributed by atoms with van der Waals surface area (Å²) in [4.78, 5) is 31.5. The molecule has 3 heterocycles. The molecular formula is C22H27N3O3. The largest absolute Gasteiger partial charge is 0.363 e. The molecule has 28 heavy (non-hydrogen) atoms. The topological polar surface area (TPSA) is 64.4 Å². The monoisotopic (exact) mass is 381 g/mol. The summed E-state index contributed by atoms with van der Waals surface area (Å²) in [6.07, 6.45) is 3.72. The fraction of sp³-hybridized carbons (Fsp3) is 0.500. The number of rotatable bonds is 3. The Morgan fingerprint density at radius 3 is 2.64 bits per heavy atom. The van der Waals surface area contributed by atoms with Gasteiger partial charge in [-0.25, -0.2) is 4.98 Å². The molecule has 1 aromatic carbocycles. The minimum atomic E-state index is -0.377. The van der Waals surface area contributed by atoms with Crippen molar-refractivity contribution >= 4 is 5.91 Å². The zero-order chi connectivity index (χ0) is 19.7.